The molecule has 0 spiro atoms. The Labute approximate surface area is 214 Å². The van der Waals surface area contributed by atoms with Crippen LogP contribution in [0.2, 0.25) is 0 Å². The molecule has 0 aliphatic carbocycles. The first-order chi connectivity index (χ1) is 15.8. The highest BCUT2D eigenvalue weighted by molar-refractivity contribution is 14.0. The molecule has 2 saturated heterocycles. The van der Waals surface area contributed by atoms with Gasteiger partial charge in [-0.15, -0.1) is 24.0 Å². The Morgan fingerprint density at radius 2 is 1.88 bits per heavy atom. The van der Waals surface area contributed by atoms with E-state index in [4.69, 9.17) is 14.5 Å². The van der Waals surface area contributed by atoms with E-state index in [2.05, 4.69) is 57.4 Å². The van der Waals surface area contributed by atoms with Crippen LogP contribution in [-0.4, -0.2) is 67.9 Å². The Kier molecular flexibility index (Phi) is 10.7. The highest BCUT2D eigenvalue weighted by Gasteiger charge is 2.20. The average Bonchev–Trinajstić information content (AvgIpc) is 2.87. The topological polar surface area (TPSA) is 62.2 Å². The van der Waals surface area contributed by atoms with Gasteiger partial charge < -0.3 is 24.6 Å². The Balaban J connectivity index is 0.00000306. The molecular weight excluding hydrogens is 529 g/mol. The zero-order valence-corrected chi connectivity index (χ0v) is 21.8. The molecule has 0 radical (unpaired) electrons. The number of ether oxygens (including phenoxy) is 2. The average molecular weight is 566 g/mol. The van der Waals surface area contributed by atoms with Crippen molar-refractivity contribution in [3.8, 4) is 0 Å². The van der Waals surface area contributed by atoms with Crippen LogP contribution in [0.3, 0.4) is 0 Å². The summed E-state index contributed by atoms with van der Waals surface area (Å²) in [4.78, 5) is 14.1. The van der Waals surface area contributed by atoms with Crippen molar-refractivity contribution in [1.82, 2.24) is 15.2 Å². The maximum atomic E-state index is 6.08. The summed E-state index contributed by atoms with van der Waals surface area (Å²) in [5.41, 5.74) is 2.42. The number of hydrogen-bond donors (Lipinski definition) is 1. The summed E-state index contributed by atoms with van der Waals surface area (Å²) < 4.78 is 11.5. The molecule has 8 heteroatoms. The summed E-state index contributed by atoms with van der Waals surface area (Å²) in [6.45, 7) is 9.66. The molecule has 4 rings (SSSR count). The van der Waals surface area contributed by atoms with Crippen LogP contribution in [0.4, 0.5) is 5.82 Å². The van der Waals surface area contributed by atoms with Gasteiger partial charge in [-0.1, -0.05) is 30.3 Å². The lowest BCUT2D eigenvalue weighted by molar-refractivity contribution is -0.0390. The van der Waals surface area contributed by atoms with Gasteiger partial charge in [-0.3, -0.25) is 0 Å². The van der Waals surface area contributed by atoms with Crippen LogP contribution in [0.15, 0.2) is 53.7 Å². The molecule has 0 atom stereocenters. The van der Waals surface area contributed by atoms with E-state index in [-0.39, 0.29) is 24.0 Å². The van der Waals surface area contributed by atoms with Crippen molar-refractivity contribution < 1.29 is 9.47 Å². The molecule has 1 aromatic carbocycles. The minimum atomic E-state index is 0. The minimum absolute atomic E-state index is 0. The fourth-order valence-corrected chi connectivity index (χ4v) is 4.15. The van der Waals surface area contributed by atoms with Crippen molar-refractivity contribution in [2.45, 2.75) is 39.0 Å². The highest BCUT2D eigenvalue weighted by Crippen LogP contribution is 2.16. The van der Waals surface area contributed by atoms with Crippen molar-refractivity contribution in [3.63, 3.8) is 0 Å². The Hall–Kier alpha value is -1.91. The van der Waals surface area contributed by atoms with Gasteiger partial charge >= 0.3 is 0 Å². The van der Waals surface area contributed by atoms with Crippen molar-refractivity contribution in [1.29, 1.82) is 0 Å². The second kappa shape index (κ2) is 13.7. The van der Waals surface area contributed by atoms with Crippen LogP contribution < -0.4 is 10.2 Å². The number of nitrogens with one attached hydrogen (secondary N) is 1. The number of hydrogen-bond acceptors (Lipinski definition) is 5. The first-order valence-electron chi connectivity index (χ1n) is 11.8. The number of guanidine groups is 1. The lowest BCUT2D eigenvalue weighted by atomic mass is 10.1. The summed E-state index contributed by atoms with van der Waals surface area (Å²) in [5, 5.41) is 3.47. The van der Waals surface area contributed by atoms with Gasteiger partial charge in [-0.25, -0.2) is 9.98 Å². The van der Waals surface area contributed by atoms with Crippen molar-refractivity contribution in [3.05, 3.63) is 59.8 Å². The van der Waals surface area contributed by atoms with Gasteiger partial charge in [0.1, 0.15) is 5.82 Å². The van der Waals surface area contributed by atoms with Crippen LogP contribution in [0.1, 0.15) is 30.9 Å². The molecule has 2 aliphatic heterocycles. The lowest BCUT2D eigenvalue weighted by Gasteiger charge is -2.37. The third kappa shape index (κ3) is 7.82. The number of aliphatic imine (C=N–C) groups is 1. The number of rotatable bonds is 7. The number of aromatic nitrogens is 1. The molecule has 0 bridgehead atoms. The molecule has 0 unspecified atom stereocenters. The van der Waals surface area contributed by atoms with Crippen molar-refractivity contribution >= 4 is 35.8 Å². The molecule has 0 saturated carbocycles. The van der Waals surface area contributed by atoms with Gasteiger partial charge in [0.05, 0.1) is 19.3 Å². The van der Waals surface area contributed by atoms with Crippen LogP contribution in [0, 0.1) is 0 Å². The Bertz CT molecular complexity index is 853. The van der Waals surface area contributed by atoms with E-state index in [0.717, 1.165) is 70.6 Å². The first kappa shape index (κ1) is 25.7. The van der Waals surface area contributed by atoms with E-state index in [1.807, 2.05) is 18.3 Å². The van der Waals surface area contributed by atoms with Gasteiger partial charge in [-0.2, -0.15) is 0 Å². The lowest BCUT2D eigenvalue weighted by Crippen LogP contribution is -2.52. The monoisotopic (exact) mass is 565 g/mol. The first-order valence-corrected chi connectivity index (χ1v) is 11.8. The van der Waals surface area contributed by atoms with E-state index >= 15 is 0 Å². The van der Waals surface area contributed by atoms with Gasteiger partial charge in [0.15, 0.2) is 5.96 Å². The molecule has 2 aliphatic rings. The van der Waals surface area contributed by atoms with E-state index in [9.17, 15) is 0 Å². The second-order valence-electron chi connectivity index (χ2n) is 8.27. The van der Waals surface area contributed by atoms with Crippen LogP contribution in [-0.2, 0) is 22.6 Å². The third-order valence-electron chi connectivity index (χ3n) is 5.94. The molecule has 1 aromatic heterocycles. The normalized spacial score (nSPS) is 17.5. The standard InChI is InChI=1S/C25H35N5O2.HI/c1-2-26-25(30-14-12-29(13-15-30)24-8-3-4-11-27-24)28-19-21-6-5-7-22(18-21)20-32-23-9-16-31-17-10-23;/h3-8,11,18,23H,2,9-10,12-17,19-20H2,1H3,(H,26,28);1H. The molecule has 2 fully saturated rings. The van der Waals surface area contributed by atoms with E-state index < -0.39 is 0 Å². The summed E-state index contributed by atoms with van der Waals surface area (Å²) in [7, 11) is 0. The number of halogens is 1. The summed E-state index contributed by atoms with van der Waals surface area (Å²) >= 11 is 0. The molecular formula is C25H36IN5O2. The third-order valence-corrected chi connectivity index (χ3v) is 5.94. The molecule has 180 valence electrons. The van der Waals surface area contributed by atoms with Crippen molar-refractivity contribution in [2.75, 3.05) is 50.8 Å². The molecule has 1 N–H and O–H groups in total. The number of pyridine rings is 1. The van der Waals surface area contributed by atoms with Gasteiger partial charge in [0.25, 0.3) is 0 Å². The van der Waals surface area contributed by atoms with E-state index in [0.29, 0.717) is 19.3 Å². The fourth-order valence-electron chi connectivity index (χ4n) is 4.15. The van der Waals surface area contributed by atoms with Crippen LogP contribution in [0.25, 0.3) is 0 Å². The fraction of sp³-hybridized carbons (Fsp3) is 0.520. The smallest absolute Gasteiger partial charge is 0.194 e. The quantitative estimate of drug-likeness (QED) is 0.314. The van der Waals surface area contributed by atoms with Gasteiger partial charge in [0, 0.05) is 52.1 Å². The minimum Gasteiger partial charge on any atom is -0.381 e. The maximum Gasteiger partial charge on any atom is 0.194 e. The predicted molar refractivity (Wildman–Crippen MR) is 143 cm³/mol. The summed E-state index contributed by atoms with van der Waals surface area (Å²) in [5.74, 6) is 2.03. The maximum absolute atomic E-state index is 6.08. The SMILES string of the molecule is CCNC(=NCc1cccc(COC2CCOCC2)c1)N1CCN(c2ccccn2)CC1.I. The number of anilines is 1. The van der Waals surface area contributed by atoms with E-state index in [1.165, 1.54) is 11.1 Å². The van der Waals surface area contributed by atoms with Crippen LogP contribution in [0.5, 0.6) is 0 Å². The number of nitrogens with zero attached hydrogens (tertiary/aromatic N) is 4. The van der Waals surface area contributed by atoms with Gasteiger partial charge in [-0.05, 0) is 43.0 Å². The largest absolute Gasteiger partial charge is 0.381 e. The molecule has 2 aromatic rings. The van der Waals surface area contributed by atoms with Crippen LogP contribution >= 0.6 is 24.0 Å². The highest BCUT2D eigenvalue weighted by atomic mass is 127. The molecule has 7 nitrogen and oxygen atoms in total. The molecule has 33 heavy (non-hydrogen) atoms. The second-order valence-corrected chi connectivity index (χ2v) is 8.27. The van der Waals surface area contributed by atoms with Crippen molar-refractivity contribution in [2.24, 2.45) is 4.99 Å². The number of benzene rings is 1. The van der Waals surface area contributed by atoms with E-state index in [1.54, 1.807) is 0 Å². The Morgan fingerprint density at radius 1 is 1.09 bits per heavy atom. The summed E-state index contributed by atoms with van der Waals surface area (Å²) in [6, 6.07) is 14.7. The van der Waals surface area contributed by atoms with Gasteiger partial charge in [0.2, 0.25) is 0 Å². The Morgan fingerprint density at radius 3 is 2.61 bits per heavy atom. The molecule has 0 amide bonds. The zero-order chi connectivity index (χ0) is 22.0. The summed E-state index contributed by atoms with van der Waals surface area (Å²) in [6.07, 6.45) is 4.15. The zero-order valence-electron chi connectivity index (χ0n) is 19.5. The number of piperazine rings is 1. The molecule has 3 heterocycles. The predicted octanol–water partition coefficient (Wildman–Crippen LogP) is 3.68.